The molecule has 1 saturated carbocycles. The molecule has 3 fully saturated rings. The highest BCUT2D eigenvalue weighted by atomic mass is 16.7. The van der Waals surface area contributed by atoms with Gasteiger partial charge in [-0.2, -0.15) is 0 Å². The molecule has 254 valence electrons. The molecule has 0 aromatic carbocycles. The largest absolute Gasteiger partial charge is 0.492 e. The highest BCUT2D eigenvalue weighted by Gasteiger charge is 2.53. The van der Waals surface area contributed by atoms with Crippen LogP contribution in [0.2, 0.25) is 0 Å². The summed E-state index contributed by atoms with van der Waals surface area (Å²) in [6.07, 6.45) is -1.99. The molecule has 0 aromatic rings. The van der Waals surface area contributed by atoms with Gasteiger partial charge in [-0.1, -0.05) is 0 Å². The lowest BCUT2D eigenvalue weighted by atomic mass is 9.72. The SMILES string of the molecule is CN[C@@H]1[C@@H](O)[C@@H](O[C@H]2[C@H](NC(=O)[C@@H](O)CCN)C[C@H](N)C([C@H]3OC(CNCC4CCNCC4)=CC[C@H]3N)[C@@H]2O)OC[C@]1(C)O. The highest BCUT2D eigenvalue weighted by Crippen LogP contribution is 2.36. The minimum Gasteiger partial charge on any atom is -0.492 e. The van der Waals surface area contributed by atoms with Crippen LogP contribution in [0.3, 0.4) is 0 Å². The standard InChI is InChI=1S/C29H55N7O8/c1-29(41)14-42-28(23(39)26(29)33-2)44-25-19(36-27(40)20(37)5-8-30)11-18(32)21(22(25)38)24-17(31)4-3-16(43-24)13-35-12-15-6-9-34-10-7-15/h3,15,17-26,28,33-35,37-39,41H,4-14,30-32H2,1-2H3,(H,36,40)/t17-,18+,19-,20+,21?,22+,23-,24+,25+,26-,28-,29+/m1/s1. The van der Waals surface area contributed by atoms with Gasteiger partial charge in [-0.05, 0) is 84.2 Å². The first-order valence-corrected chi connectivity index (χ1v) is 16.0. The van der Waals surface area contributed by atoms with Gasteiger partial charge in [0.2, 0.25) is 5.91 Å². The second-order valence-corrected chi connectivity index (χ2v) is 13.0. The van der Waals surface area contributed by atoms with E-state index in [2.05, 4.69) is 21.3 Å². The third-order valence-corrected chi connectivity index (χ3v) is 9.55. The molecule has 3 heterocycles. The molecule has 2 saturated heterocycles. The van der Waals surface area contributed by atoms with E-state index in [0.717, 1.165) is 38.2 Å². The van der Waals surface area contributed by atoms with Crippen LogP contribution >= 0.6 is 0 Å². The van der Waals surface area contributed by atoms with Crippen LogP contribution in [0.5, 0.6) is 0 Å². The maximum absolute atomic E-state index is 12.8. The first-order chi connectivity index (χ1) is 21.0. The van der Waals surface area contributed by atoms with E-state index in [1.165, 1.54) is 6.92 Å². The Morgan fingerprint density at radius 3 is 2.64 bits per heavy atom. The molecule has 0 spiro atoms. The number of carbonyl (C=O) groups is 1. The van der Waals surface area contributed by atoms with Gasteiger partial charge in [0.1, 0.15) is 35.8 Å². The molecule has 0 bridgehead atoms. The van der Waals surface area contributed by atoms with Crippen molar-refractivity contribution < 1.29 is 39.4 Å². The Hall–Kier alpha value is -1.47. The zero-order valence-electron chi connectivity index (χ0n) is 25.9. The maximum Gasteiger partial charge on any atom is 0.249 e. The average Bonchev–Trinajstić information content (AvgIpc) is 2.98. The molecule has 12 atom stereocenters. The molecule has 0 aromatic heterocycles. The summed E-state index contributed by atoms with van der Waals surface area (Å²) in [4.78, 5) is 12.8. The van der Waals surface area contributed by atoms with Crippen molar-refractivity contribution in [2.45, 2.75) is 106 Å². The molecule has 15 nitrogen and oxygen atoms in total. The number of rotatable bonds is 12. The van der Waals surface area contributed by atoms with Gasteiger partial charge in [-0.15, -0.1) is 0 Å². The van der Waals surface area contributed by atoms with Crippen molar-refractivity contribution in [3.8, 4) is 0 Å². The van der Waals surface area contributed by atoms with E-state index in [1.807, 2.05) is 6.08 Å². The quantitative estimate of drug-likeness (QED) is 0.0982. The van der Waals surface area contributed by atoms with E-state index in [-0.39, 0.29) is 26.0 Å². The summed E-state index contributed by atoms with van der Waals surface area (Å²) in [5.41, 5.74) is 17.3. The van der Waals surface area contributed by atoms with Gasteiger partial charge in [0.05, 0.1) is 31.3 Å². The van der Waals surface area contributed by atoms with E-state index in [4.69, 9.17) is 31.4 Å². The van der Waals surface area contributed by atoms with Gasteiger partial charge in [0, 0.05) is 18.0 Å². The number of ether oxygens (including phenoxy) is 3. The molecule has 15 heteroatoms. The number of nitrogens with one attached hydrogen (secondary N) is 4. The Morgan fingerprint density at radius 2 is 1.95 bits per heavy atom. The van der Waals surface area contributed by atoms with Gasteiger partial charge in [0.25, 0.3) is 0 Å². The fourth-order valence-electron chi connectivity index (χ4n) is 7.01. The van der Waals surface area contributed by atoms with E-state index >= 15 is 0 Å². The zero-order valence-corrected chi connectivity index (χ0v) is 25.9. The van der Waals surface area contributed by atoms with Gasteiger partial charge in [0.15, 0.2) is 6.29 Å². The van der Waals surface area contributed by atoms with Crippen LogP contribution in [0, 0.1) is 11.8 Å². The van der Waals surface area contributed by atoms with Crippen LogP contribution < -0.4 is 38.5 Å². The lowest BCUT2D eigenvalue weighted by Crippen LogP contribution is -2.69. The van der Waals surface area contributed by atoms with Crippen LogP contribution in [0.25, 0.3) is 0 Å². The van der Waals surface area contributed by atoms with Crippen LogP contribution in [-0.4, -0.2) is 139 Å². The molecule has 1 aliphatic carbocycles. The molecule has 1 unspecified atom stereocenters. The van der Waals surface area contributed by atoms with Crippen LogP contribution in [0.15, 0.2) is 11.8 Å². The number of amides is 1. The molecule has 1 amide bonds. The van der Waals surface area contributed by atoms with Crippen molar-refractivity contribution in [1.82, 2.24) is 21.3 Å². The number of likely N-dealkylation sites (N-methyl/N-ethyl adjacent to an activating group) is 1. The number of hydrogen-bond donors (Lipinski definition) is 11. The number of hydrogen-bond acceptors (Lipinski definition) is 14. The van der Waals surface area contributed by atoms with Crippen molar-refractivity contribution in [2.75, 3.05) is 46.4 Å². The average molecular weight is 630 g/mol. The third kappa shape index (κ3) is 8.46. The topological polar surface area (TPSA) is 252 Å². The normalized spacial score (nSPS) is 41.0. The zero-order chi connectivity index (χ0) is 32.0. The molecular formula is C29H55N7O8. The van der Waals surface area contributed by atoms with Crippen LogP contribution in [-0.2, 0) is 19.0 Å². The number of nitrogens with two attached hydrogens (primary N) is 3. The molecule has 44 heavy (non-hydrogen) atoms. The molecular weight excluding hydrogens is 574 g/mol. The summed E-state index contributed by atoms with van der Waals surface area (Å²) in [5.74, 6) is -0.0325. The van der Waals surface area contributed by atoms with E-state index in [9.17, 15) is 25.2 Å². The first kappa shape index (κ1) is 35.4. The summed E-state index contributed by atoms with van der Waals surface area (Å²) < 4.78 is 18.3. The van der Waals surface area contributed by atoms with Crippen molar-refractivity contribution >= 4 is 5.91 Å². The summed E-state index contributed by atoms with van der Waals surface area (Å²) >= 11 is 0. The molecule has 14 N–H and O–H groups in total. The van der Waals surface area contributed by atoms with Crippen molar-refractivity contribution in [3.05, 3.63) is 11.8 Å². The van der Waals surface area contributed by atoms with Crippen molar-refractivity contribution in [1.29, 1.82) is 0 Å². The predicted molar refractivity (Wildman–Crippen MR) is 162 cm³/mol. The van der Waals surface area contributed by atoms with Gasteiger partial charge in [-0.3, -0.25) is 4.79 Å². The fourth-order valence-corrected chi connectivity index (χ4v) is 7.01. The molecule has 4 aliphatic rings. The number of aliphatic hydroxyl groups excluding tert-OH is 3. The number of carbonyl (C=O) groups excluding carboxylic acids is 1. The smallest absolute Gasteiger partial charge is 0.249 e. The first-order valence-electron chi connectivity index (χ1n) is 16.0. The van der Waals surface area contributed by atoms with E-state index in [1.54, 1.807) is 7.05 Å². The van der Waals surface area contributed by atoms with Crippen LogP contribution in [0.4, 0.5) is 0 Å². The second kappa shape index (κ2) is 15.9. The monoisotopic (exact) mass is 629 g/mol. The van der Waals surface area contributed by atoms with Gasteiger partial charge in [-0.25, -0.2) is 0 Å². The Balaban J connectivity index is 1.49. The summed E-state index contributed by atoms with van der Waals surface area (Å²) in [5, 5.41) is 56.4. The minimum absolute atomic E-state index is 0.0518. The Bertz CT molecular complexity index is 955. The predicted octanol–water partition coefficient (Wildman–Crippen LogP) is -4.08. The Morgan fingerprint density at radius 1 is 1.23 bits per heavy atom. The second-order valence-electron chi connectivity index (χ2n) is 13.0. The molecule has 4 rings (SSSR count). The summed E-state index contributed by atoms with van der Waals surface area (Å²) in [6.45, 7) is 4.94. The molecule has 3 aliphatic heterocycles. The number of aliphatic hydroxyl groups is 4. The maximum atomic E-state index is 12.8. The van der Waals surface area contributed by atoms with Gasteiger partial charge >= 0.3 is 0 Å². The van der Waals surface area contributed by atoms with Crippen LogP contribution in [0.1, 0.15) is 39.0 Å². The lowest BCUT2D eigenvalue weighted by Gasteiger charge is -2.50. The fraction of sp³-hybridized carbons (Fsp3) is 0.897. The Labute approximate surface area is 259 Å². The van der Waals surface area contributed by atoms with Crippen molar-refractivity contribution in [2.24, 2.45) is 29.0 Å². The minimum atomic E-state index is -1.38. The third-order valence-electron chi connectivity index (χ3n) is 9.55. The van der Waals surface area contributed by atoms with E-state index in [0.29, 0.717) is 18.9 Å². The lowest BCUT2D eigenvalue weighted by molar-refractivity contribution is -0.297. The highest BCUT2D eigenvalue weighted by molar-refractivity contribution is 5.80. The summed E-state index contributed by atoms with van der Waals surface area (Å²) in [6, 6.07) is -2.74. The number of piperidine rings is 1. The van der Waals surface area contributed by atoms with Crippen molar-refractivity contribution in [3.63, 3.8) is 0 Å². The molecule has 0 radical (unpaired) electrons. The van der Waals surface area contributed by atoms with Gasteiger partial charge < -0.3 is 73.1 Å². The Kier molecular flexibility index (Phi) is 12.8. The summed E-state index contributed by atoms with van der Waals surface area (Å²) in [7, 11) is 1.60. The van der Waals surface area contributed by atoms with E-state index < -0.39 is 78.4 Å².